The summed E-state index contributed by atoms with van der Waals surface area (Å²) < 4.78 is 10.3. The summed E-state index contributed by atoms with van der Waals surface area (Å²) in [5.41, 5.74) is 0.490. The van der Waals surface area contributed by atoms with Crippen LogP contribution in [0.1, 0.15) is 6.92 Å². The molecule has 1 aromatic carbocycles. The highest BCUT2D eigenvalue weighted by Crippen LogP contribution is 2.28. The number of methoxy groups -OCH3 is 2. The lowest BCUT2D eigenvalue weighted by Crippen LogP contribution is -2.36. The molecule has 6 nitrogen and oxygen atoms in total. The molecule has 0 atom stereocenters. The monoisotopic (exact) mass is 292 g/mol. The number of carbonyl (C=O) groups excluding carboxylic acids is 2. The van der Waals surface area contributed by atoms with Crippen LogP contribution in [0.2, 0.25) is 0 Å². The first-order valence-corrected chi connectivity index (χ1v) is 6.40. The van der Waals surface area contributed by atoms with Crippen molar-refractivity contribution in [1.82, 2.24) is 4.90 Å². The van der Waals surface area contributed by atoms with Crippen LogP contribution in [0.5, 0.6) is 11.5 Å². The standard InChI is InChI=1S/C15H20N2O4/c1-5-8-17(11(2)18)10-15(19)16-13-9-12(20-3)6-7-14(13)21-4/h5-7,9H,1,8,10H2,2-4H3,(H,16,19). The molecule has 0 aromatic heterocycles. The van der Waals surface area contributed by atoms with E-state index in [0.717, 1.165) is 0 Å². The number of benzene rings is 1. The van der Waals surface area contributed by atoms with E-state index in [0.29, 0.717) is 23.7 Å². The Bertz CT molecular complexity index is 528. The van der Waals surface area contributed by atoms with E-state index in [2.05, 4.69) is 11.9 Å². The second kappa shape index (κ2) is 7.94. The molecule has 0 bridgehead atoms. The lowest BCUT2D eigenvalue weighted by Gasteiger charge is -2.19. The molecule has 0 saturated heterocycles. The van der Waals surface area contributed by atoms with E-state index in [1.165, 1.54) is 26.0 Å². The molecule has 0 unspecified atom stereocenters. The molecule has 0 radical (unpaired) electrons. The molecule has 21 heavy (non-hydrogen) atoms. The van der Waals surface area contributed by atoms with Crippen LogP contribution in [0.15, 0.2) is 30.9 Å². The smallest absolute Gasteiger partial charge is 0.244 e. The third-order valence-electron chi connectivity index (χ3n) is 2.81. The largest absolute Gasteiger partial charge is 0.497 e. The predicted molar refractivity (Wildman–Crippen MR) is 80.6 cm³/mol. The highest BCUT2D eigenvalue weighted by molar-refractivity contribution is 5.95. The second-order valence-electron chi connectivity index (χ2n) is 4.30. The molecule has 0 fully saturated rings. The van der Waals surface area contributed by atoms with Gasteiger partial charge in [0.25, 0.3) is 0 Å². The molecule has 0 saturated carbocycles. The van der Waals surface area contributed by atoms with Crippen LogP contribution in [0.4, 0.5) is 5.69 Å². The number of ether oxygens (including phenoxy) is 2. The molecule has 1 N–H and O–H groups in total. The Morgan fingerprint density at radius 3 is 2.57 bits per heavy atom. The minimum absolute atomic E-state index is 0.0539. The van der Waals surface area contributed by atoms with Gasteiger partial charge in [-0.25, -0.2) is 0 Å². The van der Waals surface area contributed by atoms with Crippen molar-refractivity contribution in [1.29, 1.82) is 0 Å². The quantitative estimate of drug-likeness (QED) is 0.776. The van der Waals surface area contributed by atoms with Crippen LogP contribution < -0.4 is 14.8 Å². The molecule has 0 aliphatic carbocycles. The molecule has 1 rings (SSSR count). The van der Waals surface area contributed by atoms with Crippen molar-refractivity contribution in [3.05, 3.63) is 30.9 Å². The Morgan fingerprint density at radius 2 is 2.05 bits per heavy atom. The first-order valence-electron chi connectivity index (χ1n) is 6.40. The Morgan fingerprint density at radius 1 is 1.33 bits per heavy atom. The maximum absolute atomic E-state index is 12.0. The first-order chi connectivity index (χ1) is 10.0. The fraction of sp³-hybridized carbons (Fsp3) is 0.333. The third kappa shape index (κ3) is 4.83. The van der Waals surface area contributed by atoms with Crippen LogP contribution in [-0.2, 0) is 9.59 Å². The zero-order chi connectivity index (χ0) is 15.8. The molecule has 1 aromatic rings. The average Bonchev–Trinajstić information content (AvgIpc) is 2.46. The summed E-state index contributed by atoms with van der Waals surface area (Å²) in [6.45, 7) is 5.23. The fourth-order valence-corrected chi connectivity index (χ4v) is 1.74. The van der Waals surface area contributed by atoms with Crippen molar-refractivity contribution < 1.29 is 19.1 Å². The van der Waals surface area contributed by atoms with Crippen LogP contribution in [0, 0.1) is 0 Å². The molecule has 0 aliphatic rings. The minimum Gasteiger partial charge on any atom is -0.497 e. The molecule has 0 spiro atoms. The maximum atomic E-state index is 12.0. The van der Waals surface area contributed by atoms with Gasteiger partial charge in [0.05, 0.1) is 19.9 Å². The zero-order valence-electron chi connectivity index (χ0n) is 12.5. The van der Waals surface area contributed by atoms with Crippen LogP contribution in [0.25, 0.3) is 0 Å². The van der Waals surface area contributed by atoms with Gasteiger partial charge in [-0.15, -0.1) is 6.58 Å². The van der Waals surface area contributed by atoms with E-state index >= 15 is 0 Å². The van der Waals surface area contributed by atoms with Gasteiger partial charge < -0.3 is 19.7 Å². The molecule has 0 aliphatic heterocycles. The van der Waals surface area contributed by atoms with Crippen molar-refractivity contribution in [2.24, 2.45) is 0 Å². The van der Waals surface area contributed by atoms with Gasteiger partial charge in [-0.05, 0) is 12.1 Å². The number of nitrogens with one attached hydrogen (secondary N) is 1. The lowest BCUT2D eigenvalue weighted by atomic mass is 10.2. The molecular weight excluding hydrogens is 272 g/mol. The van der Waals surface area contributed by atoms with Crippen LogP contribution >= 0.6 is 0 Å². The number of nitrogens with zero attached hydrogens (tertiary/aromatic N) is 1. The number of hydrogen-bond acceptors (Lipinski definition) is 4. The zero-order valence-corrected chi connectivity index (χ0v) is 12.5. The number of hydrogen-bond donors (Lipinski definition) is 1. The van der Waals surface area contributed by atoms with Crippen LogP contribution in [0.3, 0.4) is 0 Å². The summed E-state index contributed by atoms with van der Waals surface area (Å²) in [6.07, 6.45) is 1.57. The average molecular weight is 292 g/mol. The Hall–Kier alpha value is -2.50. The van der Waals surface area contributed by atoms with Crippen molar-refractivity contribution in [3.63, 3.8) is 0 Å². The summed E-state index contributed by atoms with van der Waals surface area (Å²) in [4.78, 5) is 24.8. The fourth-order valence-electron chi connectivity index (χ4n) is 1.74. The van der Waals surface area contributed by atoms with Gasteiger partial charge in [-0.2, -0.15) is 0 Å². The summed E-state index contributed by atoms with van der Waals surface area (Å²) in [6, 6.07) is 5.08. The summed E-state index contributed by atoms with van der Waals surface area (Å²) in [5.74, 6) is 0.601. The highest BCUT2D eigenvalue weighted by atomic mass is 16.5. The van der Waals surface area contributed by atoms with Gasteiger partial charge in [0.1, 0.15) is 18.0 Å². The number of amides is 2. The Balaban J connectivity index is 2.82. The number of anilines is 1. The van der Waals surface area contributed by atoms with E-state index in [4.69, 9.17) is 9.47 Å². The summed E-state index contributed by atoms with van der Waals surface area (Å²) >= 11 is 0. The summed E-state index contributed by atoms with van der Waals surface area (Å²) in [7, 11) is 3.05. The number of rotatable bonds is 7. The molecular formula is C15H20N2O4. The minimum atomic E-state index is -0.321. The van der Waals surface area contributed by atoms with Gasteiger partial charge in [-0.3, -0.25) is 9.59 Å². The van der Waals surface area contributed by atoms with E-state index in [-0.39, 0.29) is 18.4 Å². The Kier molecular flexibility index (Phi) is 6.26. The predicted octanol–water partition coefficient (Wildman–Crippen LogP) is 1.68. The molecule has 6 heteroatoms. The van der Waals surface area contributed by atoms with Gasteiger partial charge in [-0.1, -0.05) is 6.08 Å². The third-order valence-corrected chi connectivity index (χ3v) is 2.81. The van der Waals surface area contributed by atoms with Gasteiger partial charge in [0.2, 0.25) is 11.8 Å². The second-order valence-corrected chi connectivity index (χ2v) is 4.30. The number of carbonyl (C=O) groups is 2. The molecule has 114 valence electrons. The van der Waals surface area contributed by atoms with Gasteiger partial charge >= 0.3 is 0 Å². The van der Waals surface area contributed by atoms with E-state index in [1.807, 2.05) is 0 Å². The highest BCUT2D eigenvalue weighted by Gasteiger charge is 2.14. The molecule has 0 heterocycles. The van der Waals surface area contributed by atoms with E-state index in [1.54, 1.807) is 24.3 Å². The van der Waals surface area contributed by atoms with E-state index < -0.39 is 0 Å². The normalized spacial score (nSPS) is 9.67. The maximum Gasteiger partial charge on any atom is 0.244 e. The SMILES string of the molecule is C=CCN(CC(=O)Nc1cc(OC)ccc1OC)C(C)=O. The van der Waals surface area contributed by atoms with Crippen molar-refractivity contribution in [2.75, 3.05) is 32.6 Å². The molecule has 2 amide bonds. The van der Waals surface area contributed by atoms with Crippen molar-refractivity contribution >= 4 is 17.5 Å². The van der Waals surface area contributed by atoms with Crippen molar-refractivity contribution in [3.8, 4) is 11.5 Å². The lowest BCUT2D eigenvalue weighted by molar-refractivity contribution is -0.132. The van der Waals surface area contributed by atoms with E-state index in [9.17, 15) is 9.59 Å². The topological polar surface area (TPSA) is 67.9 Å². The summed E-state index contributed by atoms with van der Waals surface area (Å²) in [5, 5.41) is 2.71. The van der Waals surface area contributed by atoms with Crippen LogP contribution in [-0.4, -0.2) is 44.0 Å². The Labute approximate surface area is 124 Å². The van der Waals surface area contributed by atoms with Gasteiger partial charge in [0, 0.05) is 19.5 Å². The van der Waals surface area contributed by atoms with Crippen molar-refractivity contribution in [2.45, 2.75) is 6.92 Å². The van der Waals surface area contributed by atoms with Gasteiger partial charge in [0.15, 0.2) is 0 Å². The first kappa shape index (κ1) is 16.6.